The molecular weight excluding hydrogens is 236 g/mol. The molecule has 0 saturated heterocycles. The third-order valence-electron chi connectivity index (χ3n) is 3.62. The minimum absolute atomic E-state index is 0.720. The van der Waals surface area contributed by atoms with Crippen molar-refractivity contribution in [3.63, 3.8) is 0 Å². The van der Waals surface area contributed by atoms with Crippen LogP contribution in [0, 0.1) is 0 Å². The Hall–Kier alpha value is -1.90. The number of hydrogen-bond donors (Lipinski definition) is 1. The van der Waals surface area contributed by atoms with E-state index in [4.69, 9.17) is 5.26 Å². The molecule has 3 aromatic rings. The minimum Gasteiger partial charge on any atom is -0.251 e. The second-order valence-electron chi connectivity index (χ2n) is 5.33. The van der Waals surface area contributed by atoms with Gasteiger partial charge in [0.15, 0.2) is 0 Å². The lowest BCUT2D eigenvalue weighted by Crippen LogP contribution is -2.20. The summed E-state index contributed by atoms with van der Waals surface area (Å²) >= 11 is 0. The fourth-order valence-corrected chi connectivity index (χ4v) is 2.54. The summed E-state index contributed by atoms with van der Waals surface area (Å²) in [7, 11) is 0. The number of benzene rings is 3. The van der Waals surface area contributed by atoms with Gasteiger partial charge in [-0.3, -0.25) is 5.26 Å². The van der Waals surface area contributed by atoms with Crippen molar-refractivity contribution in [1.29, 1.82) is 0 Å². The second kappa shape index (κ2) is 4.34. The first-order chi connectivity index (χ1) is 9.12. The van der Waals surface area contributed by atoms with Crippen molar-refractivity contribution >= 4 is 21.5 Å². The lowest BCUT2D eigenvalue weighted by atomic mass is 9.91. The van der Waals surface area contributed by atoms with Gasteiger partial charge < -0.3 is 0 Å². The largest absolute Gasteiger partial charge is 0.251 e. The monoisotopic (exact) mass is 252 g/mol. The fourth-order valence-electron chi connectivity index (χ4n) is 2.54. The molecule has 0 fully saturated rings. The molecule has 0 heterocycles. The molecular formula is C17H16O2. The predicted octanol–water partition coefficient (Wildman–Crippen LogP) is 4.72. The van der Waals surface area contributed by atoms with E-state index in [1.807, 2.05) is 38.1 Å². The third-order valence-corrected chi connectivity index (χ3v) is 3.62. The predicted molar refractivity (Wildman–Crippen MR) is 78.2 cm³/mol. The van der Waals surface area contributed by atoms with Crippen LogP contribution in [0.3, 0.4) is 0 Å². The summed E-state index contributed by atoms with van der Waals surface area (Å²) in [6.45, 7) is 3.72. The van der Waals surface area contributed by atoms with E-state index in [1.165, 1.54) is 10.8 Å². The Labute approximate surface area is 112 Å². The first-order valence-corrected chi connectivity index (χ1v) is 6.36. The molecule has 2 nitrogen and oxygen atoms in total. The lowest BCUT2D eigenvalue weighted by molar-refractivity contribution is -0.317. The van der Waals surface area contributed by atoms with Crippen LogP contribution >= 0.6 is 0 Å². The van der Waals surface area contributed by atoms with Crippen molar-refractivity contribution in [2.75, 3.05) is 0 Å². The molecule has 19 heavy (non-hydrogen) atoms. The Morgan fingerprint density at radius 1 is 0.842 bits per heavy atom. The van der Waals surface area contributed by atoms with E-state index in [0.29, 0.717) is 0 Å². The van der Waals surface area contributed by atoms with Crippen molar-refractivity contribution in [3.05, 3.63) is 60.2 Å². The van der Waals surface area contributed by atoms with E-state index in [-0.39, 0.29) is 0 Å². The Kier molecular flexibility index (Phi) is 2.77. The van der Waals surface area contributed by atoms with Gasteiger partial charge in [-0.2, -0.15) is 0 Å². The average molecular weight is 252 g/mol. The topological polar surface area (TPSA) is 29.5 Å². The van der Waals surface area contributed by atoms with Gasteiger partial charge in [0, 0.05) is 0 Å². The van der Waals surface area contributed by atoms with E-state index in [9.17, 15) is 0 Å². The molecule has 0 atom stereocenters. The molecule has 2 heteroatoms. The minimum atomic E-state index is -0.720. The number of fused-ring (bicyclic) bond motifs is 2. The van der Waals surface area contributed by atoms with Crippen LogP contribution in [-0.2, 0) is 10.5 Å². The molecule has 3 rings (SSSR count). The second-order valence-corrected chi connectivity index (χ2v) is 5.33. The summed E-state index contributed by atoms with van der Waals surface area (Å²) in [6, 6.07) is 18.7. The molecule has 0 spiro atoms. The summed E-state index contributed by atoms with van der Waals surface area (Å²) in [4.78, 5) is 4.64. The van der Waals surface area contributed by atoms with Gasteiger partial charge in [-0.1, -0.05) is 42.5 Å². The third kappa shape index (κ3) is 1.99. The zero-order valence-corrected chi connectivity index (χ0v) is 11.1. The van der Waals surface area contributed by atoms with Crippen LogP contribution in [0.25, 0.3) is 21.5 Å². The van der Waals surface area contributed by atoms with Crippen LogP contribution in [0.4, 0.5) is 0 Å². The molecule has 0 amide bonds. The lowest BCUT2D eigenvalue weighted by Gasteiger charge is -2.23. The van der Waals surface area contributed by atoms with E-state index >= 15 is 0 Å². The number of hydrogen-bond acceptors (Lipinski definition) is 2. The molecule has 0 bridgehead atoms. The Bertz CT molecular complexity index is 744. The maximum absolute atomic E-state index is 9.12. The molecule has 0 aliphatic rings. The molecule has 0 radical (unpaired) electrons. The Balaban J connectivity index is 2.38. The molecule has 0 saturated carbocycles. The molecule has 0 aliphatic heterocycles. The molecule has 0 aliphatic carbocycles. The molecule has 96 valence electrons. The van der Waals surface area contributed by atoms with Crippen molar-refractivity contribution in [3.8, 4) is 0 Å². The molecule has 0 aromatic heterocycles. The van der Waals surface area contributed by atoms with Crippen molar-refractivity contribution in [1.82, 2.24) is 0 Å². The number of rotatable bonds is 2. The van der Waals surface area contributed by atoms with E-state index in [0.717, 1.165) is 16.3 Å². The van der Waals surface area contributed by atoms with Crippen LogP contribution in [0.5, 0.6) is 0 Å². The van der Waals surface area contributed by atoms with Crippen molar-refractivity contribution in [2.45, 2.75) is 19.4 Å². The first-order valence-electron chi connectivity index (χ1n) is 6.36. The molecule has 3 aromatic carbocycles. The Morgan fingerprint density at radius 2 is 1.47 bits per heavy atom. The van der Waals surface area contributed by atoms with Gasteiger partial charge in [-0.15, -0.1) is 0 Å². The van der Waals surface area contributed by atoms with Crippen molar-refractivity contribution < 1.29 is 10.1 Å². The van der Waals surface area contributed by atoms with E-state index in [1.54, 1.807) is 0 Å². The van der Waals surface area contributed by atoms with Crippen molar-refractivity contribution in [2.24, 2.45) is 0 Å². The zero-order chi connectivity index (χ0) is 13.5. The highest BCUT2D eigenvalue weighted by Crippen LogP contribution is 2.33. The Morgan fingerprint density at radius 3 is 2.16 bits per heavy atom. The summed E-state index contributed by atoms with van der Waals surface area (Å²) < 4.78 is 0. The molecule has 1 N–H and O–H groups in total. The standard InChI is InChI=1S/C17H16O2/c1-17(2,19-18)16-9-5-8-14-10-12-6-3-4-7-13(12)11-15(14)16/h3-11,18H,1-2H3. The summed E-state index contributed by atoms with van der Waals surface area (Å²) in [6.07, 6.45) is 0. The van der Waals surface area contributed by atoms with Gasteiger partial charge in [0.05, 0.1) is 0 Å². The quantitative estimate of drug-likeness (QED) is 0.406. The SMILES string of the molecule is CC(C)(OO)c1cccc2cc3ccccc3cc12. The van der Waals surface area contributed by atoms with Crippen LogP contribution in [0.15, 0.2) is 54.6 Å². The fraction of sp³-hybridized carbons (Fsp3) is 0.176. The van der Waals surface area contributed by atoms with Gasteiger partial charge in [0.2, 0.25) is 0 Å². The van der Waals surface area contributed by atoms with E-state index < -0.39 is 5.60 Å². The highest BCUT2D eigenvalue weighted by Gasteiger charge is 2.23. The van der Waals surface area contributed by atoms with Gasteiger partial charge in [0.25, 0.3) is 0 Å². The maximum Gasteiger partial charge on any atom is 0.123 e. The average Bonchev–Trinajstić information content (AvgIpc) is 2.44. The van der Waals surface area contributed by atoms with E-state index in [2.05, 4.69) is 35.2 Å². The molecule has 0 unspecified atom stereocenters. The first kappa shape index (κ1) is 12.2. The summed E-state index contributed by atoms with van der Waals surface area (Å²) in [5, 5.41) is 13.8. The van der Waals surface area contributed by atoms with Crippen LogP contribution in [0.2, 0.25) is 0 Å². The van der Waals surface area contributed by atoms with Gasteiger partial charge >= 0.3 is 0 Å². The smallest absolute Gasteiger partial charge is 0.123 e. The van der Waals surface area contributed by atoms with Gasteiger partial charge in [0.1, 0.15) is 5.60 Å². The van der Waals surface area contributed by atoms with Gasteiger partial charge in [-0.05, 0) is 53.1 Å². The maximum atomic E-state index is 9.12. The van der Waals surface area contributed by atoms with Crippen LogP contribution in [-0.4, -0.2) is 5.26 Å². The van der Waals surface area contributed by atoms with Gasteiger partial charge in [-0.25, -0.2) is 4.89 Å². The summed E-state index contributed by atoms with van der Waals surface area (Å²) in [5.74, 6) is 0. The highest BCUT2D eigenvalue weighted by atomic mass is 17.1. The van der Waals surface area contributed by atoms with Crippen LogP contribution < -0.4 is 0 Å². The zero-order valence-electron chi connectivity index (χ0n) is 11.1. The highest BCUT2D eigenvalue weighted by molar-refractivity contribution is 5.99. The normalized spacial score (nSPS) is 12.2. The van der Waals surface area contributed by atoms with Crippen LogP contribution in [0.1, 0.15) is 19.4 Å². The summed E-state index contributed by atoms with van der Waals surface area (Å²) in [5.41, 5.74) is 0.264.